The number of ether oxygens (including phenoxy) is 2. The molecule has 1 aliphatic heterocycles. The van der Waals surface area contributed by atoms with Gasteiger partial charge in [0.2, 0.25) is 5.91 Å². The lowest BCUT2D eigenvalue weighted by Gasteiger charge is -2.35. The lowest BCUT2D eigenvalue weighted by Crippen LogP contribution is -2.53. The highest BCUT2D eigenvalue weighted by atomic mass is 16.6. The number of aliphatic imine (C=N–C) groups is 1. The SMILES string of the molecule is CCNC(=NCC(=O)NCCOC)NC1CCCN(C(=O)OC(C)(C)C)C1. The van der Waals surface area contributed by atoms with Crippen LogP contribution in [0.3, 0.4) is 0 Å². The molecule has 2 amide bonds. The number of nitrogens with one attached hydrogen (secondary N) is 3. The number of rotatable bonds is 7. The summed E-state index contributed by atoms with van der Waals surface area (Å²) in [5, 5.41) is 9.18. The molecule has 1 atom stereocenters. The highest BCUT2D eigenvalue weighted by Gasteiger charge is 2.28. The molecule has 27 heavy (non-hydrogen) atoms. The van der Waals surface area contributed by atoms with E-state index in [0.29, 0.717) is 38.7 Å². The van der Waals surface area contributed by atoms with Gasteiger partial charge in [-0.1, -0.05) is 0 Å². The van der Waals surface area contributed by atoms with Gasteiger partial charge in [-0.2, -0.15) is 0 Å². The van der Waals surface area contributed by atoms with E-state index in [9.17, 15) is 9.59 Å². The summed E-state index contributed by atoms with van der Waals surface area (Å²) in [6, 6.07) is 0.0561. The van der Waals surface area contributed by atoms with E-state index >= 15 is 0 Å². The fourth-order valence-corrected chi connectivity index (χ4v) is 2.60. The molecular formula is C18H35N5O4. The molecule has 3 N–H and O–H groups in total. The largest absolute Gasteiger partial charge is 0.444 e. The van der Waals surface area contributed by atoms with Crippen LogP contribution in [-0.4, -0.2) is 80.9 Å². The van der Waals surface area contributed by atoms with Gasteiger partial charge in [-0.3, -0.25) is 4.79 Å². The Bertz CT molecular complexity index is 504. The Balaban J connectivity index is 2.56. The second kappa shape index (κ2) is 11.6. The molecule has 0 aromatic rings. The lowest BCUT2D eigenvalue weighted by atomic mass is 10.1. The molecule has 1 rings (SSSR count). The average Bonchev–Trinajstić information content (AvgIpc) is 2.59. The van der Waals surface area contributed by atoms with Crippen molar-refractivity contribution in [2.24, 2.45) is 4.99 Å². The third kappa shape index (κ3) is 10.0. The van der Waals surface area contributed by atoms with E-state index in [-0.39, 0.29) is 24.6 Å². The van der Waals surface area contributed by atoms with Crippen LogP contribution < -0.4 is 16.0 Å². The molecule has 0 saturated carbocycles. The summed E-state index contributed by atoms with van der Waals surface area (Å²) in [4.78, 5) is 30.1. The molecule has 0 aromatic carbocycles. The Morgan fingerprint density at radius 2 is 2.00 bits per heavy atom. The molecule has 9 heteroatoms. The number of nitrogens with zero attached hydrogens (tertiary/aromatic N) is 2. The molecule has 9 nitrogen and oxygen atoms in total. The minimum Gasteiger partial charge on any atom is -0.444 e. The van der Waals surface area contributed by atoms with Crippen LogP contribution in [0.15, 0.2) is 4.99 Å². The molecule has 0 bridgehead atoms. The maximum Gasteiger partial charge on any atom is 0.410 e. The molecular weight excluding hydrogens is 350 g/mol. The minimum absolute atomic E-state index is 0.0293. The van der Waals surface area contributed by atoms with Gasteiger partial charge in [0, 0.05) is 39.3 Å². The molecule has 0 aromatic heterocycles. The van der Waals surface area contributed by atoms with E-state index in [0.717, 1.165) is 12.8 Å². The zero-order valence-electron chi connectivity index (χ0n) is 17.3. The third-order valence-corrected chi connectivity index (χ3v) is 3.77. The number of guanidine groups is 1. The maximum atomic E-state index is 12.3. The van der Waals surface area contributed by atoms with E-state index in [1.807, 2.05) is 27.7 Å². The van der Waals surface area contributed by atoms with Crippen LogP contribution in [0.5, 0.6) is 0 Å². The number of methoxy groups -OCH3 is 1. The summed E-state index contributed by atoms with van der Waals surface area (Å²) >= 11 is 0. The van der Waals surface area contributed by atoms with Crippen LogP contribution in [0.25, 0.3) is 0 Å². The van der Waals surface area contributed by atoms with Gasteiger partial charge in [0.1, 0.15) is 12.1 Å². The molecule has 1 fully saturated rings. The smallest absolute Gasteiger partial charge is 0.410 e. The van der Waals surface area contributed by atoms with Crippen LogP contribution in [-0.2, 0) is 14.3 Å². The standard InChI is InChI=1S/C18H35N5O4/c1-6-19-16(21-12-15(24)20-9-11-26-5)22-14-8-7-10-23(13-14)17(25)27-18(2,3)4/h14H,6-13H2,1-5H3,(H,20,24)(H2,19,21,22). The first-order valence-corrected chi connectivity index (χ1v) is 9.53. The molecule has 0 spiro atoms. The number of hydrogen-bond donors (Lipinski definition) is 3. The van der Waals surface area contributed by atoms with E-state index in [1.165, 1.54) is 0 Å². The summed E-state index contributed by atoms with van der Waals surface area (Å²) in [5.41, 5.74) is -0.510. The summed E-state index contributed by atoms with van der Waals surface area (Å²) in [7, 11) is 1.59. The van der Waals surface area contributed by atoms with Gasteiger partial charge in [-0.15, -0.1) is 0 Å². The molecule has 0 radical (unpaired) electrons. The Morgan fingerprint density at radius 3 is 2.63 bits per heavy atom. The van der Waals surface area contributed by atoms with Crippen molar-refractivity contribution in [3.63, 3.8) is 0 Å². The fraction of sp³-hybridized carbons (Fsp3) is 0.833. The monoisotopic (exact) mass is 385 g/mol. The van der Waals surface area contributed by atoms with Crippen LogP contribution in [0.4, 0.5) is 4.79 Å². The van der Waals surface area contributed by atoms with Crippen molar-refractivity contribution in [2.75, 3.05) is 46.4 Å². The summed E-state index contributed by atoms with van der Waals surface area (Å²) in [6.45, 7) is 10.4. The highest BCUT2D eigenvalue weighted by Crippen LogP contribution is 2.15. The van der Waals surface area contributed by atoms with Crippen molar-refractivity contribution in [3.8, 4) is 0 Å². The summed E-state index contributed by atoms with van der Waals surface area (Å²) in [6.07, 6.45) is 1.51. The number of carbonyl (C=O) groups is 2. The molecule has 1 heterocycles. The predicted molar refractivity (Wildman–Crippen MR) is 105 cm³/mol. The Labute approximate surface area is 162 Å². The van der Waals surface area contributed by atoms with Gasteiger partial charge in [0.15, 0.2) is 5.96 Å². The first-order valence-electron chi connectivity index (χ1n) is 9.53. The molecule has 1 aliphatic rings. The van der Waals surface area contributed by atoms with Gasteiger partial charge in [-0.25, -0.2) is 9.79 Å². The zero-order valence-corrected chi connectivity index (χ0v) is 17.3. The van der Waals surface area contributed by atoms with Gasteiger partial charge in [-0.05, 0) is 40.5 Å². The third-order valence-electron chi connectivity index (χ3n) is 3.77. The predicted octanol–water partition coefficient (Wildman–Crippen LogP) is 0.704. The molecule has 1 unspecified atom stereocenters. The number of amides is 2. The minimum atomic E-state index is -0.510. The summed E-state index contributed by atoms with van der Waals surface area (Å²) < 4.78 is 10.4. The second-order valence-electron chi connectivity index (χ2n) is 7.45. The van der Waals surface area contributed by atoms with Gasteiger partial charge in [0.05, 0.1) is 6.61 Å². The quantitative estimate of drug-likeness (QED) is 0.339. The fourth-order valence-electron chi connectivity index (χ4n) is 2.60. The van der Waals surface area contributed by atoms with Crippen LogP contribution >= 0.6 is 0 Å². The lowest BCUT2D eigenvalue weighted by molar-refractivity contribution is -0.119. The van der Waals surface area contributed by atoms with E-state index in [1.54, 1.807) is 12.0 Å². The zero-order chi connectivity index (χ0) is 20.3. The van der Waals surface area contributed by atoms with E-state index < -0.39 is 5.60 Å². The van der Waals surface area contributed by atoms with Crippen molar-refractivity contribution in [1.82, 2.24) is 20.9 Å². The second-order valence-corrected chi connectivity index (χ2v) is 7.45. The topological polar surface area (TPSA) is 104 Å². The number of likely N-dealkylation sites (tertiary alicyclic amines) is 1. The van der Waals surface area contributed by atoms with Crippen molar-refractivity contribution >= 4 is 18.0 Å². The number of hydrogen-bond acceptors (Lipinski definition) is 5. The van der Waals surface area contributed by atoms with Gasteiger partial charge >= 0.3 is 6.09 Å². The van der Waals surface area contributed by atoms with E-state index in [4.69, 9.17) is 9.47 Å². The van der Waals surface area contributed by atoms with Crippen molar-refractivity contribution in [3.05, 3.63) is 0 Å². The highest BCUT2D eigenvalue weighted by molar-refractivity contribution is 5.85. The van der Waals surface area contributed by atoms with Crippen LogP contribution in [0.1, 0.15) is 40.5 Å². The molecule has 0 aliphatic carbocycles. The van der Waals surface area contributed by atoms with Crippen molar-refractivity contribution in [1.29, 1.82) is 0 Å². The van der Waals surface area contributed by atoms with Crippen molar-refractivity contribution in [2.45, 2.75) is 52.2 Å². The number of piperidine rings is 1. The Morgan fingerprint density at radius 1 is 1.26 bits per heavy atom. The first kappa shape index (κ1) is 23.0. The first-order chi connectivity index (χ1) is 12.7. The summed E-state index contributed by atoms with van der Waals surface area (Å²) in [5.74, 6) is 0.402. The molecule has 1 saturated heterocycles. The van der Waals surface area contributed by atoms with Crippen molar-refractivity contribution < 1.29 is 19.1 Å². The van der Waals surface area contributed by atoms with Crippen LogP contribution in [0, 0.1) is 0 Å². The Kier molecular flexibility index (Phi) is 9.92. The van der Waals surface area contributed by atoms with Gasteiger partial charge in [0.25, 0.3) is 0 Å². The molecule has 156 valence electrons. The normalized spacial score (nSPS) is 18.0. The van der Waals surface area contributed by atoms with E-state index in [2.05, 4.69) is 20.9 Å². The van der Waals surface area contributed by atoms with Gasteiger partial charge < -0.3 is 30.3 Å². The number of carbonyl (C=O) groups excluding carboxylic acids is 2. The maximum absolute atomic E-state index is 12.3. The van der Waals surface area contributed by atoms with Crippen LogP contribution in [0.2, 0.25) is 0 Å². The Hall–Kier alpha value is -2.03. The average molecular weight is 386 g/mol.